The summed E-state index contributed by atoms with van der Waals surface area (Å²) in [6.45, 7) is 6.10. The maximum atomic E-state index is 11.5. The quantitative estimate of drug-likeness (QED) is 0.649. The van der Waals surface area contributed by atoms with Crippen molar-refractivity contribution < 1.29 is 9.53 Å². The number of carbonyl (C=O) groups is 1. The van der Waals surface area contributed by atoms with Crippen molar-refractivity contribution in [2.24, 2.45) is 5.41 Å². The summed E-state index contributed by atoms with van der Waals surface area (Å²) in [5, 5.41) is 6.11. The normalized spacial score (nSPS) is 19.2. The predicted octanol–water partition coefficient (Wildman–Crippen LogP) is 0.917. The van der Waals surface area contributed by atoms with E-state index in [4.69, 9.17) is 4.74 Å². The lowest BCUT2D eigenvalue weighted by atomic mass is 10.0. The second-order valence-electron chi connectivity index (χ2n) is 4.88. The van der Waals surface area contributed by atoms with Gasteiger partial charge in [0.05, 0.1) is 13.2 Å². The van der Waals surface area contributed by atoms with Gasteiger partial charge in [0, 0.05) is 19.7 Å². The Hall–Kier alpha value is -0.610. The number of methoxy groups -OCH3 is 1. The van der Waals surface area contributed by atoms with E-state index in [1.54, 1.807) is 7.11 Å². The number of amides is 1. The Balaban J connectivity index is 2.06. The molecule has 0 aromatic heterocycles. The average Bonchev–Trinajstić information content (AvgIpc) is 2.99. The molecule has 0 radical (unpaired) electrons. The van der Waals surface area contributed by atoms with Crippen molar-refractivity contribution >= 4 is 5.91 Å². The molecule has 1 unspecified atom stereocenters. The van der Waals surface area contributed by atoms with Crippen molar-refractivity contribution in [1.82, 2.24) is 10.6 Å². The molecule has 1 fully saturated rings. The van der Waals surface area contributed by atoms with Crippen LogP contribution in [0.15, 0.2) is 0 Å². The fraction of sp³-hybridized carbons (Fsp3) is 0.917. The van der Waals surface area contributed by atoms with E-state index in [-0.39, 0.29) is 11.9 Å². The molecule has 2 N–H and O–H groups in total. The summed E-state index contributed by atoms with van der Waals surface area (Å²) < 4.78 is 4.96. The van der Waals surface area contributed by atoms with Gasteiger partial charge in [0.15, 0.2) is 0 Å². The van der Waals surface area contributed by atoms with Gasteiger partial charge in [-0.25, -0.2) is 0 Å². The van der Waals surface area contributed by atoms with Gasteiger partial charge in [-0.2, -0.15) is 0 Å². The number of nitrogens with one attached hydrogen (secondary N) is 2. The molecular weight excluding hydrogens is 204 g/mol. The fourth-order valence-electron chi connectivity index (χ4n) is 1.89. The highest BCUT2D eigenvalue weighted by Gasteiger charge is 2.39. The van der Waals surface area contributed by atoms with E-state index in [1.165, 1.54) is 19.3 Å². The zero-order chi connectivity index (χ0) is 12.0. The number of hydrogen-bond acceptors (Lipinski definition) is 3. The Morgan fingerprint density at radius 1 is 1.50 bits per heavy atom. The summed E-state index contributed by atoms with van der Waals surface area (Å²) in [7, 11) is 1.64. The van der Waals surface area contributed by atoms with Crippen LogP contribution in [0.25, 0.3) is 0 Å². The number of ether oxygens (including phenoxy) is 1. The van der Waals surface area contributed by atoms with Crippen molar-refractivity contribution in [3.05, 3.63) is 0 Å². The summed E-state index contributed by atoms with van der Waals surface area (Å²) in [5.41, 5.74) is 0.498. The highest BCUT2D eigenvalue weighted by molar-refractivity contribution is 5.78. The third-order valence-electron chi connectivity index (χ3n) is 3.32. The summed E-state index contributed by atoms with van der Waals surface area (Å²) in [4.78, 5) is 11.5. The van der Waals surface area contributed by atoms with Gasteiger partial charge >= 0.3 is 0 Å². The molecule has 0 aliphatic heterocycles. The molecule has 1 atom stereocenters. The van der Waals surface area contributed by atoms with E-state index in [0.29, 0.717) is 18.6 Å². The van der Waals surface area contributed by atoms with Crippen LogP contribution < -0.4 is 10.6 Å². The molecule has 1 rings (SSSR count). The van der Waals surface area contributed by atoms with E-state index in [2.05, 4.69) is 17.6 Å². The van der Waals surface area contributed by atoms with Crippen LogP contribution in [0.1, 0.15) is 33.1 Å². The van der Waals surface area contributed by atoms with Crippen LogP contribution in [-0.2, 0) is 9.53 Å². The SMILES string of the molecule is CCC1(CNCC(=O)NC(C)COC)CC1. The van der Waals surface area contributed by atoms with Gasteiger partial charge in [-0.05, 0) is 31.6 Å². The lowest BCUT2D eigenvalue weighted by Crippen LogP contribution is -2.42. The zero-order valence-electron chi connectivity index (χ0n) is 10.6. The van der Waals surface area contributed by atoms with Crippen molar-refractivity contribution in [1.29, 1.82) is 0 Å². The zero-order valence-corrected chi connectivity index (χ0v) is 10.6. The average molecular weight is 228 g/mol. The van der Waals surface area contributed by atoms with E-state index in [0.717, 1.165) is 6.54 Å². The molecule has 0 aromatic carbocycles. The van der Waals surface area contributed by atoms with Crippen LogP contribution in [0.3, 0.4) is 0 Å². The molecule has 0 aromatic rings. The van der Waals surface area contributed by atoms with Gasteiger partial charge in [-0.15, -0.1) is 0 Å². The van der Waals surface area contributed by atoms with Crippen LogP contribution in [0, 0.1) is 5.41 Å². The molecule has 1 aliphatic rings. The Kier molecular flexibility index (Phi) is 5.22. The Labute approximate surface area is 98.1 Å². The fourth-order valence-corrected chi connectivity index (χ4v) is 1.89. The van der Waals surface area contributed by atoms with Gasteiger partial charge in [0.2, 0.25) is 5.91 Å². The molecule has 1 amide bonds. The first-order valence-electron chi connectivity index (χ1n) is 6.11. The van der Waals surface area contributed by atoms with Crippen LogP contribution in [0.5, 0.6) is 0 Å². The van der Waals surface area contributed by atoms with Crippen LogP contribution in [0.4, 0.5) is 0 Å². The van der Waals surface area contributed by atoms with E-state index in [1.807, 2.05) is 6.92 Å². The first-order valence-corrected chi connectivity index (χ1v) is 6.11. The second kappa shape index (κ2) is 6.21. The molecule has 0 bridgehead atoms. The van der Waals surface area contributed by atoms with E-state index >= 15 is 0 Å². The lowest BCUT2D eigenvalue weighted by Gasteiger charge is -2.15. The molecule has 1 aliphatic carbocycles. The minimum absolute atomic E-state index is 0.0523. The molecule has 0 saturated heterocycles. The maximum absolute atomic E-state index is 11.5. The summed E-state index contributed by atoms with van der Waals surface area (Å²) in [6, 6.07) is 0.0837. The van der Waals surface area contributed by atoms with Crippen LogP contribution in [0.2, 0.25) is 0 Å². The third kappa shape index (κ3) is 4.49. The Morgan fingerprint density at radius 3 is 2.69 bits per heavy atom. The largest absolute Gasteiger partial charge is 0.383 e. The standard InChI is InChI=1S/C12H24N2O2/c1-4-12(5-6-12)9-13-7-11(15)14-10(2)8-16-3/h10,13H,4-9H2,1-3H3,(H,14,15). The molecule has 4 nitrogen and oxygen atoms in total. The first-order chi connectivity index (χ1) is 7.62. The minimum atomic E-state index is 0.0523. The number of hydrogen-bond donors (Lipinski definition) is 2. The van der Waals surface area contributed by atoms with Gasteiger partial charge in [0.1, 0.15) is 0 Å². The lowest BCUT2D eigenvalue weighted by molar-refractivity contribution is -0.121. The molecule has 4 heteroatoms. The topological polar surface area (TPSA) is 50.4 Å². The van der Waals surface area contributed by atoms with Gasteiger partial charge in [0.25, 0.3) is 0 Å². The Morgan fingerprint density at radius 2 is 2.19 bits per heavy atom. The molecule has 1 saturated carbocycles. The van der Waals surface area contributed by atoms with Gasteiger partial charge < -0.3 is 15.4 Å². The predicted molar refractivity (Wildman–Crippen MR) is 64.3 cm³/mol. The van der Waals surface area contributed by atoms with Crippen molar-refractivity contribution in [3.63, 3.8) is 0 Å². The van der Waals surface area contributed by atoms with E-state index in [9.17, 15) is 4.79 Å². The van der Waals surface area contributed by atoms with Crippen molar-refractivity contribution in [2.45, 2.75) is 39.2 Å². The van der Waals surface area contributed by atoms with Gasteiger partial charge in [-0.3, -0.25) is 4.79 Å². The van der Waals surface area contributed by atoms with Crippen LogP contribution in [-0.4, -0.2) is 38.8 Å². The molecular formula is C12H24N2O2. The minimum Gasteiger partial charge on any atom is -0.383 e. The first kappa shape index (κ1) is 13.5. The monoisotopic (exact) mass is 228 g/mol. The summed E-state index contributed by atoms with van der Waals surface area (Å²) in [5.74, 6) is 0.0523. The number of rotatable bonds is 8. The molecule has 94 valence electrons. The maximum Gasteiger partial charge on any atom is 0.234 e. The third-order valence-corrected chi connectivity index (χ3v) is 3.32. The smallest absolute Gasteiger partial charge is 0.234 e. The van der Waals surface area contributed by atoms with Crippen molar-refractivity contribution in [2.75, 3.05) is 26.8 Å². The van der Waals surface area contributed by atoms with Crippen LogP contribution >= 0.6 is 0 Å². The highest BCUT2D eigenvalue weighted by atomic mass is 16.5. The molecule has 0 heterocycles. The van der Waals surface area contributed by atoms with Crippen molar-refractivity contribution in [3.8, 4) is 0 Å². The molecule has 16 heavy (non-hydrogen) atoms. The van der Waals surface area contributed by atoms with E-state index < -0.39 is 0 Å². The molecule has 0 spiro atoms. The second-order valence-corrected chi connectivity index (χ2v) is 4.88. The Bertz CT molecular complexity index is 227. The summed E-state index contributed by atoms with van der Waals surface area (Å²) >= 11 is 0. The summed E-state index contributed by atoms with van der Waals surface area (Å²) in [6.07, 6.45) is 3.82. The number of carbonyl (C=O) groups excluding carboxylic acids is 1. The van der Waals surface area contributed by atoms with Gasteiger partial charge in [-0.1, -0.05) is 6.92 Å². The highest BCUT2D eigenvalue weighted by Crippen LogP contribution is 2.47.